The Kier molecular flexibility index (Phi) is 8.44. The van der Waals surface area contributed by atoms with Crippen molar-refractivity contribution < 1.29 is 23.9 Å². The van der Waals surface area contributed by atoms with Gasteiger partial charge < -0.3 is 19.4 Å². The number of nitrogens with zero attached hydrogens (tertiary/aromatic N) is 1. The van der Waals surface area contributed by atoms with Crippen LogP contribution in [0, 0.1) is 19.8 Å². The summed E-state index contributed by atoms with van der Waals surface area (Å²) in [5.41, 5.74) is 1.92. The second-order valence-corrected chi connectivity index (χ2v) is 7.72. The van der Waals surface area contributed by atoms with E-state index in [0.717, 1.165) is 25.7 Å². The van der Waals surface area contributed by atoms with E-state index in [9.17, 15) is 14.4 Å². The maximum Gasteiger partial charge on any atom is 0.354 e. The van der Waals surface area contributed by atoms with Crippen LogP contribution in [0.2, 0.25) is 0 Å². The Labute approximate surface area is 173 Å². The number of aryl methyl sites for hydroxylation is 1. The van der Waals surface area contributed by atoms with Crippen LogP contribution in [0.3, 0.4) is 0 Å². The summed E-state index contributed by atoms with van der Waals surface area (Å²) in [5, 5.41) is 0. The fourth-order valence-corrected chi connectivity index (χ4v) is 4.16. The number of carbonyl (C=O) groups is 3. The lowest BCUT2D eigenvalue weighted by Gasteiger charge is -2.31. The van der Waals surface area contributed by atoms with Crippen molar-refractivity contribution >= 4 is 17.7 Å². The van der Waals surface area contributed by atoms with Crippen LogP contribution >= 0.6 is 0 Å². The molecular formula is C22H34N2O5. The number of methoxy groups -OCH3 is 1. The third kappa shape index (κ3) is 5.26. The predicted molar refractivity (Wildman–Crippen MR) is 110 cm³/mol. The molecule has 1 aliphatic rings. The number of rotatable bonds is 10. The lowest BCUT2D eigenvalue weighted by Crippen LogP contribution is -2.46. The highest BCUT2D eigenvalue weighted by atomic mass is 16.5. The Bertz CT molecular complexity index is 734. The second-order valence-electron chi connectivity index (χ2n) is 7.72. The zero-order chi connectivity index (χ0) is 21.6. The third-order valence-electron chi connectivity index (χ3n) is 5.80. The van der Waals surface area contributed by atoms with Crippen LogP contribution in [0.5, 0.6) is 0 Å². The smallest absolute Gasteiger partial charge is 0.354 e. The molecule has 1 heterocycles. The van der Waals surface area contributed by atoms with E-state index in [1.54, 1.807) is 25.7 Å². The Morgan fingerprint density at radius 2 is 1.86 bits per heavy atom. The van der Waals surface area contributed by atoms with Gasteiger partial charge in [0.25, 0.3) is 0 Å². The van der Waals surface area contributed by atoms with Gasteiger partial charge in [0.15, 0.2) is 5.78 Å². The molecule has 1 fully saturated rings. The number of ether oxygens (including phenoxy) is 2. The largest absolute Gasteiger partial charge is 0.464 e. The molecule has 1 aromatic rings. The molecule has 7 heteroatoms. The maximum absolute atomic E-state index is 13.4. The van der Waals surface area contributed by atoms with Gasteiger partial charge in [-0.3, -0.25) is 9.59 Å². The number of esters is 1. The van der Waals surface area contributed by atoms with Crippen LogP contribution in [0.15, 0.2) is 0 Å². The Morgan fingerprint density at radius 3 is 2.45 bits per heavy atom. The highest BCUT2D eigenvalue weighted by molar-refractivity contribution is 6.06. The minimum Gasteiger partial charge on any atom is -0.464 e. The first-order valence-electron chi connectivity index (χ1n) is 10.5. The minimum absolute atomic E-state index is 0.00334. The van der Waals surface area contributed by atoms with Gasteiger partial charge in [0.2, 0.25) is 5.91 Å². The van der Waals surface area contributed by atoms with Gasteiger partial charge in [-0.2, -0.15) is 0 Å². The topological polar surface area (TPSA) is 88.7 Å². The summed E-state index contributed by atoms with van der Waals surface area (Å²) < 4.78 is 10.2. The molecule has 162 valence electrons. The molecule has 1 aliphatic carbocycles. The van der Waals surface area contributed by atoms with Crippen LogP contribution in [0.25, 0.3) is 0 Å². The highest BCUT2D eigenvalue weighted by Gasteiger charge is 2.34. The molecule has 7 nitrogen and oxygen atoms in total. The monoisotopic (exact) mass is 406 g/mol. The van der Waals surface area contributed by atoms with Crippen LogP contribution in [-0.2, 0) is 14.3 Å². The molecule has 2 rings (SSSR count). The zero-order valence-corrected chi connectivity index (χ0v) is 18.3. The molecule has 1 aromatic heterocycles. The molecule has 0 saturated heterocycles. The molecule has 0 spiro atoms. The van der Waals surface area contributed by atoms with Crippen LogP contribution in [0.4, 0.5) is 0 Å². The van der Waals surface area contributed by atoms with Crippen molar-refractivity contribution in [3.8, 4) is 0 Å². The first kappa shape index (κ1) is 23.1. The van der Waals surface area contributed by atoms with E-state index in [0.29, 0.717) is 43.0 Å². The number of Topliss-reactive ketones (excluding diaryl/α,β-unsaturated/α-hetero) is 1. The third-order valence-corrected chi connectivity index (χ3v) is 5.80. The normalized spacial score (nSPS) is 15.3. The number of aromatic amines is 1. The summed E-state index contributed by atoms with van der Waals surface area (Å²) in [6, 6.07) is -0.608. The zero-order valence-electron chi connectivity index (χ0n) is 18.3. The SMILES string of the molecule is CCOCCCN(C(=O)C1CCCC1)[C@H](C)C(=O)c1c(C)[nH]c(C(=O)OC)c1C. The summed E-state index contributed by atoms with van der Waals surface area (Å²) in [6.07, 6.45) is 4.57. The number of nitrogens with one attached hydrogen (secondary N) is 1. The average Bonchev–Trinajstić information content (AvgIpc) is 3.34. The van der Waals surface area contributed by atoms with Gasteiger partial charge in [0.05, 0.1) is 13.2 Å². The molecule has 1 amide bonds. The average molecular weight is 407 g/mol. The molecule has 0 unspecified atom stereocenters. The number of amides is 1. The first-order chi connectivity index (χ1) is 13.8. The highest BCUT2D eigenvalue weighted by Crippen LogP contribution is 2.29. The van der Waals surface area contributed by atoms with Gasteiger partial charge in [-0.15, -0.1) is 0 Å². The minimum atomic E-state index is -0.608. The van der Waals surface area contributed by atoms with Crippen molar-refractivity contribution in [3.05, 3.63) is 22.5 Å². The van der Waals surface area contributed by atoms with Gasteiger partial charge in [0, 0.05) is 36.9 Å². The van der Waals surface area contributed by atoms with E-state index in [2.05, 4.69) is 4.98 Å². The quantitative estimate of drug-likeness (QED) is 0.365. The Balaban J connectivity index is 2.25. The summed E-state index contributed by atoms with van der Waals surface area (Å²) in [6.45, 7) is 8.87. The van der Waals surface area contributed by atoms with Crippen molar-refractivity contribution in [2.75, 3.05) is 26.9 Å². The van der Waals surface area contributed by atoms with E-state index in [1.165, 1.54) is 7.11 Å². The maximum atomic E-state index is 13.4. The Hall–Kier alpha value is -2.15. The molecule has 1 saturated carbocycles. The molecular weight excluding hydrogens is 372 g/mol. The molecule has 0 bridgehead atoms. The van der Waals surface area contributed by atoms with E-state index in [4.69, 9.17) is 9.47 Å². The molecule has 29 heavy (non-hydrogen) atoms. The van der Waals surface area contributed by atoms with E-state index in [-0.39, 0.29) is 23.3 Å². The number of ketones is 1. The number of hydrogen-bond donors (Lipinski definition) is 1. The van der Waals surface area contributed by atoms with E-state index < -0.39 is 12.0 Å². The van der Waals surface area contributed by atoms with Crippen LogP contribution in [-0.4, -0.2) is 60.5 Å². The van der Waals surface area contributed by atoms with Crippen molar-refractivity contribution in [1.82, 2.24) is 9.88 Å². The summed E-state index contributed by atoms with van der Waals surface area (Å²) in [5.74, 6) is -0.614. The van der Waals surface area contributed by atoms with E-state index >= 15 is 0 Å². The Morgan fingerprint density at radius 1 is 1.21 bits per heavy atom. The molecule has 1 atom stereocenters. The van der Waals surface area contributed by atoms with Crippen LogP contribution < -0.4 is 0 Å². The van der Waals surface area contributed by atoms with Crippen molar-refractivity contribution in [2.45, 2.75) is 65.8 Å². The van der Waals surface area contributed by atoms with Crippen molar-refractivity contribution in [2.24, 2.45) is 5.92 Å². The number of aromatic nitrogens is 1. The van der Waals surface area contributed by atoms with Gasteiger partial charge in [-0.05, 0) is 52.5 Å². The van der Waals surface area contributed by atoms with Crippen molar-refractivity contribution in [3.63, 3.8) is 0 Å². The summed E-state index contributed by atoms with van der Waals surface area (Å²) in [4.78, 5) is 43.2. The van der Waals surface area contributed by atoms with Gasteiger partial charge in [-0.1, -0.05) is 12.8 Å². The summed E-state index contributed by atoms with van der Waals surface area (Å²) >= 11 is 0. The fraction of sp³-hybridized carbons (Fsp3) is 0.682. The van der Waals surface area contributed by atoms with Gasteiger partial charge in [-0.25, -0.2) is 4.79 Å². The van der Waals surface area contributed by atoms with Gasteiger partial charge >= 0.3 is 5.97 Å². The lowest BCUT2D eigenvalue weighted by molar-refractivity contribution is -0.136. The molecule has 1 N–H and O–H groups in total. The van der Waals surface area contributed by atoms with Crippen LogP contribution in [0.1, 0.15) is 78.1 Å². The number of H-pyrrole nitrogens is 1. The predicted octanol–water partition coefficient (Wildman–Crippen LogP) is 3.43. The number of carbonyl (C=O) groups excluding carboxylic acids is 3. The lowest BCUT2D eigenvalue weighted by atomic mass is 9.98. The van der Waals surface area contributed by atoms with Crippen molar-refractivity contribution in [1.29, 1.82) is 0 Å². The molecule has 0 aromatic carbocycles. The van der Waals surface area contributed by atoms with E-state index in [1.807, 2.05) is 6.92 Å². The molecule has 0 aliphatic heterocycles. The second kappa shape index (κ2) is 10.6. The first-order valence-corrected chi connectivity index (χ1v) is 10.5. The standard InChI is InChI=1S/C22H34N2O5/c1-6-29-13-9-12-24(21(26)17-10-7-8-11-17)16(4)20(25)18-14(2)19(22(27)28-5)23-15(18)3/h16-17,23H,6-13H2,1-5H3/t16-/m1/s1. The van der Waals surface area contributed by atoms with Gasteiger partial charge in [0.1, 0.15) is 5.69 Å². The number of hydrogen-bond acceptors (Lipinski definition) is 5. The fourth-order valence-electron chi connectivity index (χ4n) is 4.16. The molecule has 0 radical (unpaired) electrons. The summed E-state index contributed by atoms with van der Waals surface area (Å²) in [7, 11) is 1.31.